The number of hydrogen-bond donors (Lipinski definition) is 1. The summed E-state index contributed by atoms with van der Waals surface area (Å²) < 4.78 is 7.72. The number of aromatic nitrogens is 2. The smallest absolute Gasteiger partial charge is 0.131 e. The average Bonchev–Trinajstić information content (AvgIpc) is 2.79. The molecule has 0 spiro atoms. The molecule has 0 unspecified atom stereocenters. The van der Waals surface area contributed by atoms with Crippen LogP contribution in [0.2, 0.25) is 5.02 Å². The fourth-order valence-electron chi connectivity index (χ4n) is 2.26. The molecule has 0 amide bonds. The minimum absolute atomic E-state index is 0.0191. The molecule has 5 heteroatoms. The van der Waals surface area contributed by atoms with Crippen molar-refractivity contribution in [1.29, 1.82) is 0 Å². The van der Waals surface area contributed by atoms with Gasteiger partial charge in [-0.3, -0.25) is 4.68 Å². The Hall–Kier alpha value is -1.52. The highest BCUT2D eigenvalue weighted by molar-refractivity contribution is 6.31. The van der Waals surface area contributed by atoms with E-state index in [2.05, 4.69) is 12.0 Å². The van der Waals surface area contributed by atoms with Gasteiger partial charge in [0.25, 0.3) is 0 Å². The van der Waals surface area contributed by atoms with Crippen LogP contribution in [0.15, 0.2) is 24.3 Å². The monoisotopic (exact) mass is 307 g/mol. The molecule has 2 rings (SSSR count). The lowest BCUT2D eigenvalue weighted by Gasteiger charge is -2.15. The van der Waals surface area contributed by atoms with E-state index in [-0.39, 0.29) is 6.04 Å². The van der Waals surface area contributed by atoms with Crippen LogP contribution in [0.5, 0.6) is 5.75 Å². The van der Waals surface area contributed by atoms with Gasteiger partial charge in [0.1, 0.15) is 12.4 Å². The molecule has 1 heterocycles. The minimum atomic E-state index is -0.0191. The van der Waals surface area contributed by atoms with Gasteiger partial charge in [-0.05, 0) is 18.9 Å². The van der Waals surface area contributed by atoms with Crippen molar-refractivity contribution in [1.82, 2.24) is 9.78 Å². The van der Waals surface area contributed by atoms with Gasteiger partial charge in [-0.15, -0.1) is 0 Å². The predicted molar refractivity (Wildman–Crippen MR) is 85.6 cm³/mol. The molecule has 2 aromatic rings. The molecule has 21 heavy (non-hydrogen) atoms. The van der Waals surface area contributed by atoms with Crippen LogP contribution in [0.4, 0.5) is 0 Å². The standard InChI is InChI=1S/C16H22ClN3O/c1-4-12(18)11-8-6-7-9-15(11)21-10-14-16(17)13(5-2)19-20(14)3/h6-9,12H,4-5,10,18H2,1-3H3/t12-/m0/s1. The summed E-state index contributed by atoms with van der Waals surface area (Å²) in [6.45, 7) is 4.48. The normalized spacial score (nSPS) is 12.4. The summed E-state index contributed by atoms with van der Waals surface area (Å²) in [5, 5.41) is 5.09. The van der Waals surface area contributed by atoms with Crippen molar-refractivity contribution in [2.75, 3.05) is 0 Å². The number of hydrogen-bond acceptors (Lipinski definition) is 3. The third-order valence-electron chi connectivity index (χ3n) is 3.63. The van der Waals surface area contributed by atoms with Crippen molar-refractivity contribution in [3.8, 4) is 5.75 Å². The molecular formula is C16H22ClN3O. The van der Waals surface area contributed by atoms with Crippen molar-refractivity contribution in [2.45, 2.75) is 39.3 Å². The second-order valence-corrected chi connectivity index (χ2v) is 5.40. The molecule has 0 fully saturated rings. The van der Waals surface area contributed by atoms with Gasteiger partial charge >= 0.3 is 0 Å². The fourth-order valence-corrected chi connectivity index (χ4v) is 2.61. The van der Waals surface area contributed by atoms with Crippen molar-refractivity contribution in [3.05, 3.63) is 46.2 Å². The molecule has 114 valence electrons. The Labute approximate surface area is 130 Å². The number of rotatable bonds is 6. The molecule has 1 aromatic heterocycles. The first-order valence-electron chi connectivity index (χ1n) is 7.26. The summed E-state index contributed by atoms with van der Waals surface area (Å²) in [5.41, 5.74) is 8.93. The van der Waals surface area contributed by atoms with Crippen LogP contribution in [0.25, 0.3) is 0 Å². The number of para-hydroxylation sites is 1. The van der Waals surface area contributed by atoms with E-state index in [0.29, 0.717) is 11.6 Å². The highest BCUT2D eigenvalue weighted by Gasteiger charge is 2.15. The summed E-state index contributed by atoms with van der Waals surface area (Å²) in [6.07, 6.45) is 1.68. The molecule has 0 bridgehead atoms. The number of nitrogens with two attached hydrogens (primary N) is 1. The van der Waals surface area contributed by atoms with Gasteiger partial charge in [-0.1, -0.05) is 43.6 Å². The summed E-state index contributed by atoms with van der Waals surface area (Å²) >= 11 is 6.34. The summed E-state index contributed by atoms with van der Waals surface area (Å²) in [5.74, 6) is 0.808. The molecule has 0 aliphatic carbocycles. The van der Waals surface area contributed by atoms with Crippen LogP contribution in [0.3, 0.4) is 0 Å². The van der Waals surface area contributed by atoms with Gasteiger partial charge < -0.3 is 10.5 Å². The van der Waals surface area contributed by atoms with Gasteiger partial charge in [0.2, 0.25) is 0 Å². The molecule has 1 atom stereocenters. The molecular weight excluding hydrogens is 286 g/mol. The van der Waals surface area contributed by atoms with Crippen LogP contribution in [-0.2, 0) is 20.1 Å². The minimum Gasteiger partial charge on any atom is -0.487 e. The van der Waals surface area contributed by atoms with Crippen LogP contribution in [0, 0.1) is 0 Å². The second kappa shape index (κ2) is 6.96. The second-order valence-electron chi connectivity index (χ2n) is 5.03. The Bertz CT molecular complexity index is 610. The van der Waals surface area contributed by atoms with Crippen LogP contribution in [-0.4, -0.2) is 9.78 Å². The third-order valence-corrected chi connectivity index (χ3v) is 4.06. The first kappa shape index (κ1) is 15.9. The Morgan fingerprint density at radius 2 is 2.05 bits per heavy atom. The van der Waals surface area contributed by atoms with E-state index in [9.17, 15) is 0 Å². The topological polar surface area (TPSA) is 53.1 Å². The number of ether oxygens (including phenoxy) is 1. The van der Waals surface area contributed by atoms with Gasteiger partial charge in [-0.2, -0.15) is 5.10 Å². The fraction of sp³-hybridized carbons (Fsp3) is 0.438. The van der Waals surface area contributed by atoms with E-state index in [4.69, 9.17) is 22.1 Å². The van der Waals surface area contributed by atoms with E-state index < -0.39 is 0 Å². The molecule has 0 aliphatic rings. The van der Waals surface area contributed by atoms with Crippen molar-refractivity contribution < 1.29 is 4.74 Å². The first-order valence-corrected chi connectivity index (χ1v) is 7.63. The zero-order valence-corrected chi connectivity index (χ0v) is 13.5. The van der Waals surface area contributed by atoms with Crippen molar-refractivity contribution in [2.24, 2.45) is 12.8 Å². The Kier molecular flexibility index (Phi) is 5.26. The van der Waals surface area contributed by atoms with Crippen LogP contribution < -0.4 is 10.5 Å². The highest BCUT2D eigenvalue weighted by atomic mass is 35.5. The quantitative estimate of drug-likeness (QED) is 0.886. The average molecular weight is 308 g/mol. The highest BCUT2D eigenvalue weighted by Crippen LogP contribution is 2.28. The lowest BCUT2D eigenvalue weighted by atomic mass is 10.0. The summed E-state index contributed by atoms with van der Waals surface area (Å²) in [4.78, 5) is 0. The summed E-state index contributed by atoms with van der Waals surface area (Å²) in [6, 6.07) is 7.85. The molecule has 0 saturated heterocycles. The maximum atomic E-state index is 6.34. The molecule has 0 radical (unpaired) electrons. The zero-order chi connectivity index (χ0) is 15.4. The Morgan fingerprint density at radius 1 is 1.33 bits per heavy atom. The van der Waals surface area contributed by atoms with Gasteiger partial charge in [-0.25, -0.2) is 0 Å². The van der Waals surface area contributed by atoms with Crippen molar-refractivity contribution in [3.63, 3.8) is 0 Å². The SMILES string of the molecule is CCc1nn(C)c(COc2ccccc2[C@@H](N)CC)c1Cl. The van der Waals surface area contributed by atoms with Crippen molar-refractivity contribution >= 4 is 11.6 Å². The Morgan fingerprint density at radius 3 is 2.67 bits per heavy atom. The zero-order valence-electron chi connectivity index (χ0n) is 12.8. The van der Waals surface area contributed by atoms with Gasteiger partial charge in [0, 0.05) is 18.7 Å². The predicted octanol–water partition coefficient (Wildman–Crippen LogP) is 3.62. The van der Waals surface area contributed by atoms with Crippen LogP contribution in [0.1, 0.15) is 43.3 Å². The molecule has 0 aliphatic heterocycles. The molecule has 1 aromatic carbocycles. The Balaban J connectivity index is 2.19. The lowest BCUT2D eigenvalue weighted by molar-refractivity contribution is 0.290. The number of nitrogens with zero attached hydrogens (tertiary/aromatic N) is 2. The van der Waals surface area contributed by atoms with E-state index >= 15 is 0 Å². The van der Waals surface area contributed by atoms with Gasteiger partial charge in [0.05, 0.1) is 16.4 Å². The lowest BCUT2D eigenvalue weighted by Crippen LogP contribution is -2.11. The number of aryl methyl sites for hydroxylation is 2. The van der Waals surface area contributed by atoms with E-state index in [0.717, 1.165) is 35.5 Å². The largest absolute Gasteiger partial charge is 0.487 e. The van der Waals surface area contributed by atoms with E-state index in [1.165, 1.54) is 0 Å². The molecule has 4 nitrogen and oxygen atoms in total. The van der Waals surface area contributed by atoms with Gasteiger partial charge in [0.15, 0.2) is 0 Å². The van der Waals surface area contributed by atoms with E-state index in [1.54, 1.807) is 4.68 Å². The number of benzene rings is 1. The maximum Gasteiger partial charge on any atom is 0.131 e. The van der Waals surface area contributed by atoms with Crippen LogP contribution >= 0.6 is 11.6 Å². The number of halogens is 1. The summed E-state index contributed by atoms with van der Waals surface area (Å²) in [7, 11) is 1.88. The van der Waals surface area contributed by atoms with E-state index in [1.807, 2.05) is 38.2 Å². The molecule has 0 saturated carbocycles. The third kappa shape index (κ3) is 3.39. The maximum absolute atomic E-state index is 6.34. The first-order chi connectivity index (χ1) is 10.1. The molecule has 2 N–H and O–H groups in total.